The molecule has 3 aliphatic heterocycles. The third kappa shape index (κ3) is 3.38. The van der Waals surface area contributed by atoms with Crippen LogP contribution in [0.1, 0.15) is 13.3 Å². The van der Waals surface area contributed by atoms with E-state index in [9.17, 15) is 16.8 Å². The molecule has 0 amide bonds. The maximum atomic E-state index is 11.9. The second-order valence-corrected chi connectivity index (χ2v) is 14.4. The lowest BCUT2D eigenvalue weighted by Gasteiger charge is -2.21. The van der Waals surface area contributed by atoms with E-state index in [2.05, 4.69) is 20.9 Å². The Morgan fingerprint density at radius 3 is 2.48 bits per heavy atom. The van der Waals surface area contributed by atoms with E-state index in [0.29, 0.717) is 6.42 Å². The van der Waals surface area contributed by atoms with Crippen molar-refractivity contribution in [1.29, 1.82) is 0 Å². The van der Waals surface area contributed by atoms with Gasteiger partial charge in [0.25, 0.3) is 4.38 Å². The van der Waals surface area contributed by atoms with Gasteiger partial charge in [0.15, 0.2) is 25.7 Å². The molecule has 3 aliphatic rings. The van der Waals surface area contributed by atoms with E-state index in [4.69, 9.17) is 0 Å². The van der Waals surface area contributed by atoms with Crippen molar-refractivity contribution in [3.8, 4) is 0 Å². The number of nitrogens with one attached hydrogen (secondary N) is 1. The van der Waals surface area contributed by atoms with Crippen molar-refractivity contribution in [3.05, 3.63) is 0 Å². The Hall–Kier alpha value is 1.23. The summed E-state index contributed by atoms with van der Waals surface area (Å²) in [6.45, 7) is 1.96. The summed E-state index contributed by atoms with van der Waals surface area (Å²) in [5.41, 5.74) is 0. The summed E-state index contributed by atoms with van der Waals surface area (Å²) < 4.78 is 46.8. The smallest absolute Gasteiger partial charge is 0.269 e. The van der Waals surface area contributed by atoms with E-state index in [0.717, 1.165) is 4.38 Å². The van der Waals surface area contributed by atoms with E-state index in [1.807, 2.05) is 6.92 Å². The molecule has 0 radical (unpaired) electrons. The first-order valence-corrected chi connectivity index (χ1v) is 12.3. The fourth-order valence-electron chi connectivity index (χ4n) is 2.72. The third-order valence-corrected chi connectivity index (χ3v) is 14.1. The van der Waals surface area contributed by atoms with Gasteiger partial charge in [0, 0.05) is 11.7 Å². The van der Waals surface area contributed by atoms with Gasteiger partial charge in [0.05, 0.1) is 16.3 Å². The van der Waals surface area contributed by atoms with E-state index >= 15 is 0 Å². The van der Waals surface area contributed by atoms with Gasteiger partial charge in [-0.2, -0.15) is 0 Å². The van der Waals surface area contributed by atoms with Crippen LogP contribution in [-0.4, -0.2) is 58.7 Å². The number of hydrogen-bond donors (Lipinski definition) is 1. The predicted octanol–water partition coefficient (Wildman–Crippen LogP) is -3.63. The second-order valence-electron chi connectivity index (χ2n) is 5.57. The van der Waals surface area contributed by atoms with E-state index in [1.54, 1.807) is 0 Å². The quantitative estimate of drug-likeness (QED) is 0.374. The zero-order valence-electron chi connectivity index (χ0n) is 11.1. The highest BCUT2D eigenvalue weighted by atomic mass is 79.9. The number of sulfone groups is 2. The molecular formula is C10H15Br2NO4S4. The number of hydrogen-bond acceptors (Lipinski definition) is 6. The molecule has 0 spiro atoms. The average Bonchev–Trinajstić information content (AvgIpc) is 2.84. The summed E-state index contributed by atoms with van der Waals surface area (Å²) in [7, 11) is -5.97. The lowest BCUT2D eigenvalue weighted by atomic mass is 10.1. The van der Waals surface area contributed by atoms with Crippen molar-refractivity contribution in [3.63, 3.8) is 0 Å². The van der Waals surface area contributed by atoms with Crippen LogP contribution in [0.2, 0.25) is 0 Å². The topological polar surface area (TPSA) is 82.2 Å². The van der Waals surface area contributed by atoms with Gasteiger partial charge in [0.2, 0.25) is 0 Å². The van der Waals surface area contributed by atoms with Gasteiger partial charge in [-0.05, 0) is 30.4 Å². The van der Waals surface area contributed by atoms with Crippen molar-refractivity contribution in [2.45, 2.75) is 33.5 Å². The van der Waals surface area contributed by atoms with E-state index in [-0.39, 0.29) is 50.3 Å². The van der Waals surface area contributed by atoms with Crippen LogP contribution >= 0.6 is 39.5 Å². The second kappa shape index (κ2) is 5.94. The Morgan fingerprint density at radius 1 is 1.29 bits per heavy atom. The zero-order valence-corrected chi connectivity index (χ0v) is 17.5. The van der Waals surface area contributed by atoms with Crippen LogP contribution < -0.4 is 22.0 Å². The minimum atomic E-state index is -3.07. The first-order chi connectivity index (χ1) is 9.12. The van der Waals surface area contributed by atoms with Gasteiger partial charge in [-0.25, -0.2) is 21.8 Å². The van der Waals surface area contributed by atoms with Crippen LogP contribution in [0.3, 0.4) is 0 Å². The van der Waals surface area contributed by atoms with Crippen molar-refractivity contribution in [2.75, 3.05) is 17.3 Å². The highest BCUT2D eigenvalue weighted by Gasteiger charge is 2.62. The van der Waals surface area contributed by atoms with Crippen LogP contribution in [0.25, 0.3) is 0 Å². The first-order valence-electron chi connectivity index (χ1n) is 6.18. The Balaban J connectivity index is 0.00000161. The summed E-state index contributed by atoms with van der Waals surface area (Å²) in [4.78, 5) is 3.28. The monoisotopic (exact) mass is 499 g/mol. The third-order valence-electron chi connectivity index (χ3n) is 3.91. The fraction of sp³-hybridized carbons (Fsp3) is 0.900. The highest BCUT2D eigenvalue weighted by Crippen LogP contribution is 2.56. The molecule has 3 saturated heterocycles. The van der Waals surface area contributed by atoms with Crippen LogP contribution in [0.5, 0.6) is 0 Å². The molecule has 21 heavy (non-hydrogen) atoms. The molecule has 2 unspecified atom stereocenters. The molecule has 1 N–H and O–H groups in total. The van der Waals surface area contributed by atoms with Gasteiger partial charge >= 0.3 is 0 Å². The molecule has 0 bridgehead atoms. The lowest BCUT2D eigenvalue weighted by Crippen LogP contribution is -3.00. The summed E-state index contributed by atoms with van der Waals surface area (Å²) in [5.74, 6) is 0.587. The molecule has 3 fully saturated rings. The molecular weight excluding hydrogens is 486 g/mol. The van der Waals surface area contributed by atoms with Gasteiger partial charge in [-0.15, -0.1) is 0 Å². The standard InChI is InChI=1S/C10H14BrNO4S4.BrH/c1-10-7(5-20(15,16)8(10)11)17-9(18-10)12-6-2-3-19(13,14)4-6;/h6-8H,2-5H2,1H3;1H/t6?,7-,8?,10-;/m1./s1. The molecule has 0 aromatic heterocycles. The highest BCUT2D eigenvalue weighted by molar-refractivity contribution is 9.11. The average molecular weight is 501 g/mol. The minimum Gasteiger partial charge on any atom is -1.00 e. The minimum absolute atomic E-state index is 0. The molecule has 4 atom stereocenters. The van der Waals surface area contributed by atoms with Crippen LogP contribution in [-0.2, 0) is 19.7 Å². The SMILES string of the molecule is C[C@@]12SC(=[NH+]C3CCS(=O)(=O)C3)S[C@@H]1CS(=O)(=O)C2Br.[Br-]. The zero-order chi connectivity index (χ0) is 14.8. The number of halogens is 2. The number of thioether (sulfide) groups is 2. The molecule has 3 heterocycles. The molecule has 0 aliphatic carbocycles. The van der Waals surface area contributed by atoms with Crippen LogP contribution in [0.15, 0.2) is 0 Å². The maximum Gasteiger partial charge on any atom is 0.269 e. The van der Waals surface area contributed by atoms with Gasteiger partial charge in [-0.3, -0.25) is 0 Å². The largest absolute Gasteiger partial charge is 1.00 e. The predicted molar refractivity (Wildman–Crippen MR) is 86.9 cm³/mol. The number of fused-ring (bicyclic) bond motifs is 1. The Bertz CT molecular complexity index is 677. The van der Waals surface area contributed by atoms with Crippen molar-refractivity contribution >= 4 is 63.5 Å². The molecule has 11 heteroatoms. The Labute approximate surface area is 152 Å². The first kappa shape index (κ1) is 18.6. The number of rotatable bonds is 1. The van der Waals surface area contributed by atoms with Crippen LogP contribution in [0.4, 0.5) is 0 Å². The fourth-order valence-corrected chi connectivity index (χ4v) is 12.2. The summed E-state index contributed by atoms with van der Waals surface area (Å²) >= 11 is 6.39. The molecule has 0 aromatic rings. The normalized spacial score (nSPS) is 45.4. The molecule has 0 saturated carbocycles. The van der Waals surface area contributed by atoms with E-state index < -0.39 is 23.8 Å². The molecule has 5 nitrogen and oxygen atoms in total. The van der Waals surface area contributed by atoms with Crippen molar-refractivity contribution in [2.24, 2.45) is 0 Å². The van der Waals surface area contributed by atoms with Gasteiger partial charge < -0.3 is 17.0 Å². The molecule has 0 aromatic carbocycles. The Kier molecular flexibility index (Phi) is 5.26. The maximum absolute atomic E-state index is 11.9. The van der Waals surface area contributed by atoms with Crippen molar-refractivity contribution in [1.82, 2.24) is 0 Å². The lowest BCUT2D eigenvalue weighted by molar-refractivity contribution is -0.489. The van der Waals surface area contributed by atoms with Gasteiger partial charge in [-0.1, -0.05) is 15.9 Å². The molecule has 122 valence electrons. The number of alkyl halides is 1. The van der Waals surface area contributed by atoms with Crippen LogP contribution in [0, 0.1) is 0 Å². The van der Waals surface area contributed by atoms with Gasteiger partial charge in [0.1, 0.15) is 9.91 Å². The summed E-state index contributed by atoms with van der Waals surface area (Å²) in [6.07, 6.45) is 0.629. The summed E-state index contributed by atoms with van der Waals surface area (Å²) in [5, 5.41) is 0.0161. The molecule has 3 rings (SSSR count). The summed E-state index contributed by atoms with van der Waals surface area (Å²) in [6, 6.07) is -0.0391. The van der Waals surface area contributed by atoms with Crippen molar-refractivity contribution < 1.29 is 38.8 Å². The van der Waals surface area contributed by atoms with E-state index in [1.165, 1.54) is 23.5 Å². The Morgan fingerprint density at radius 2 is 1.95 bits per heavy atom.